The van der Waals surface area contributed by atoms with Crippen LogP contribution < -0.4 is 16.2 Å². The Kier molecular flexibility index (Phi) is 4.07. The molecule has 8 heavy (non-hydrogen) atoms. The van der Waals surface area contributed by atoms with Crippen molar-refractivity contribution in [3.63, 3.8) is 0 Å². The van der Waals surface area contributed by atoms with Crippen LogP contribution in [0.5, 0.6) is 0 Å². The second-order valence-electron chi connectivity index (χ2n) is 1.13. The predicted octanol–water partition coefficient (Wildman–Crippen LogP) is 0.139. The van der Waals surface area contributed by atoms with Crippen molar-refractivity contribution >= 4 is 0 Å². The van der Waals surface area contributed by atoms with Crippen molar-refractivity contribution in [3.8, 4) is 0 Å². The zero-order chi connectivity index (χ0) is 6.41. The standard InChI is InChI=1S/C3H7N3.C2H6/c1-3-4-2-5-6-3;1-2/h4-6H,1-2H2;1-2H3. The summed E-state index contributed by atoms with van der Waals surface area (Å²) in [5.41, 5.74) is 5.58. The van der Waals surface area contributed by atoms with Crippen LogP contribution in [0.15, 0.2) is 12.4 Å². The lowest BCUT2D eigenvalue weighted by Crippen LogP contribution is -2.20. The van der Waals surface area contributed by atoms with Gasteiger partial charge < -0.3 is 10.7 Å². The summed E-state index contributed by atoms with van der Waals surface area (Å²) < 4.78 is 0. The Morgan fingerprint density at radius 2 is 2.12 bits per heavy atom. The van der Waals surface area contributed by atoms with E-state index in [1.54, 1.807) is 0 Å². The Morgan fingerprint density at radius 3 is 2.25 bits per heavy atom. The third-order valence-electron chi connectivity index (χ3n) is 0.629. The first kappa shape index (κ1) is 7.30. The topological polar surface area (TPSA) is 36.1 Å². The molecule has 1 aliphatic heterocycles. The van der Waals surface area contributed by atoms with Gasteiger partial charge in [-0.1, -0.05) is 20.4 Å². The van der Waals surface area contributed by atoms with Gasteiger partial charge in [-0.05, 0) is 0 Å². The third-order valence-corrected chi connectivity index (χ3v) is 0.629. The number of hydrazine groups is 1. The highest BCUT2D eigenvalue weighted by Gasteiger charge is 1.94. The van der Waals surface area contributed by atoms with E-state index in [4.69, 9.17) is 0 Å². The molecule has 0 atom stereocenters. The van der Waals surface area contributed by atoms with Crippen LogP contribution in [-0.2, 0) is 0 Å². The molecule has 0 radical (unpaired) electrons. The molecule has 0 aromatic heterocycles. The third kappa shape index (κ3) is 2.47. The van der Waals surface area contributed by atoms with Crippen LogP contribution >= 0.6 is 0 Å². The quantitative estimate of drug-likeness (QED) is 0.420. The lowest BCUT2D eigenvalue weighted by Gasteiger charge is -1.87. The lowest BCUT2D eigenvalue weighted by atomic mass is 10.8. The van der Waals surface area contributed by atoms with Crippen molar-refractivity contribution < 1.29 is 0 Å². The van der Waals surface area contributed by atoms with Gasteiger partial charge in [-0.15, -0.1) is 0 Å². The lowest BCUT2D eigenvalue weighted by molar-refractivity contribution is 0.714. The summed E-state index contributed by atoms with van der Waals surface area (Å²) in [6.45, 7) is 8.35. The molecule has 0 aromatic rings. The Morgan fingerprint density at radius 1 is 1.50 bits per heavy atom. The molecule has 0 aliphatic carbocycles. The summed E-state index contributed by atoms with van der Waals surface area (Å²) in [4.78, 5) is 0. The maximum atomic E-state index is 3.57. The molecule has 48 valence electrons. The summed E-state index contributed by atoms with van der Waals surface area (Å²) in [6.07, 6.45) is 0. The van der Waals surface area contributed by atoms with E-state index in [0.29, 0.717) is 0 Å². The molecule has 1 rings (SSSR count). The van der Waals surface area contributed by atoms with E-state index in [2.05, 4.69) is 22.7 Å². The van der Waals surface area contributed by atoms with E-state index in [-0.39, 0.29) is 0 Å². The number of hydrogen-bond acceptors (Lipinski definition) is 3. The molecule has 3 heteroatoms. The first-order valence-electron chi connectivity index (χ1n) is 2.81. The molecule has 0 saturated carbocycles. The van der Waals surface area contributed by atoms with Gasteiger partial charge in [0.2, 0.25) is 0 Å². The van der Waals surface area contributed by atoms with Crippen molar-refractivity contribution in [1.82, 2.24) is 16.2 Å². The van der Waals surface area contributed by atoms with Crippen molar-refractivity contribution in [1.29, 1.82) is 0 Å². The van der Waals surface area contributed by atoms with Gasteiger partial charge in [-0.3, -0.25) is 0 Å². The van der Waals surface area contributed by atoms with Crippen LogP contribution in [0.25, 0.3) is 0 Å². The van der Waals surface area contributed by atoms with Crippen molar-refractivity contribution in [2.75, 3.05) is 6.67 Å². The Balaban J connectivity index is 0.000000222. The van der Waals surface area contributed by atoms with Crippen molar-refractivity contribution in [2.24, 2.45) is 0 Å². The van der Waals surface area contributed by atoms with Gasteiger partial charge in [0, 0.05) is 0 Å². The van der Waals surface area contributed by atoms with E-state index < -0.39 is 0 Å². The molecule has 1 fully saturated rings. The summed E-state index contributed by atoms with van der Waals surface area (Å²) in [6, 6.07) is 0. The molecular weight excluding hydrogens is 102 g/mol. The minimum atomic E-state index is 0.777. The van der Waals surface area contributed by atoms with Crippen LogP contribution in [-0.4, -0.2) is 6.67 Å². The normalized spacial score (nSPS) is 15.5. The van der Waals surface area contributed by atoms with Gasteiger partial charge in [-0.2, -0.15) is 0 Å². The highest BCUT2D eigenvalue weighted by Crippen LogP contribution is 1.74. The molecule has 1 heterocycles. The van der Waals surface area contributed by atoms with Gasteiger partial charge in [0.25, 0.3) is 0 Å². The van der Waals surface area contributed by atoms with Crippen LogP contribution in [0, 0.1) is 0 Å². The Hall–Kier alpha value is -0.700. The van der Waals surface area contributed by atoms with Gasteiger partial charge in [-0.25, -0.2) is 5.43 Å². The monoisotopic (exact) mass is 115 g/mol. The second kappa shape index (κ2) is 4.46. The smallest absolute Gasteiger partial charge is 0.107 e. The van der Waals surface area contributed by atoms with Crippen LogP contribution in [0.4, 0.5) is 0 Å². The van der Waals surface area contributed by atoms with E-state index in [9.17, 15) is 0 Å². The Labute approximate surface area is 50.1 Å². The highest BCUT2D eigenvalue weighted by atomic mass is 15.5. The second-order valence-corrected chi connectivity index (χ2v) is 1.13. The molecule has 0 spiro atoms. The SMILES string of the molecule is C=C1NCNN1.CC. The predicted molar refractivity (Wildman–Crippen MR) is 34.8 cm³/mol. The maximum Gasteiger partial charge on any atom is 0.107 e. The molecule has 1 aliphatic rings. The fourth-order valence-corrected chi connectivity index (χ4v) is 0.346. The Bertz CT molecular complexity index is 62.1. The van der Waals surface area contributed by atoms with Crippen molar-refractivity contribution in [3.05, 3.63) is 12.4 Å². The minimum absolute atomic E-state index is 0.777. The summed E-state index contributed by atoms with van der Waals surface area (Å²) >= 11 is 0. The van der Waals surface area contributed by atoms with E-state index in [1.807, 2.05) is 13.8 Å². The van der Waals surface area contributed by atoms with Gasteiger partial charge in [0.15, 0.2) is 0 Å². The van der Waals surface area contributed by atoms with Crippen LogP contribution in [0.3, 0.4) is 0 Å². The zero-order valence-electron chi connectivity index (χ0n) is 5.41. The van der Waals surface area contributed by atoms with Gasteiger partial charge in [0.1, 0.15) is 5.82 Å². The molecule has 1 saturated heterocycles. The van der Waals surface area contributed by atoms with E-state index in [0.717, 1.165) is 12.5 Å². The van der Waals surface area contributed by atoms with Gasteiger partial charge in [0.05, 0.1) is 6.67 Å². The van der Waals surface area contributed by atoms with Crippen LogP contribution in [0.2, 0.25) is 0 Å². The zero-order valence-corrected chi connectivity index (χ0v) is 5.41. The molecule has 3 nitrogen and oxygen atoms in total. The molecule has 3 N–H and O–H groups in total. The first-order valence-corrected chi connectivity index (χ1v) is 2.81. The molecule has 0 unspecified atom stereocenters. The minimum Gasteiger partial charge on any atom is -0.357 e. The summed E-state index contributed by atoms with van der Waals surface area (Å²) in [5, 5.41) is 2.90. The first-order chi connectivity index (χ1) is 3.89. The van der Waals surface area contributed by atoms with Crippen LogP contribution in [0.1, 0.15) is 13.8 Å². The highest BCUT2D eigenvalue weighted by molar-refractivity contribution is 4.88. The average Bonchev–Trinajstić information content (AvgIpc) is 2.24. The summed E-state index contributed by atoms with van der Waals surface area (Å²) in [5.74, 6) is 0.843. The number of hydrogen-bond donors (Lipinski definition) is 3. The van der Waals surface area contributed by atoms with Gasteiger partial charge >= 0.3 is 0 Å². The number of nitrogens with one attached hydrogen (secondary N) is 3. The largest absolute Gasteiger partial charge is 0.357 e. The number of rotatable bonds is 0. The fourth-order valence-electron chi connectivity index (χ4n) is 0.346. The maximum absolute atomic E-state index is 3.57. The summed E-state index contributed by atoms with van der Waals surface area (Å²) in [7, 11) is 0. The average molecular weight is 115 g/mol. The fraction of sp³-hybridized carbons (Fsp3) is 0.600. The molecular formula is C5H13N3. The molecule has 0 bridgehead atoms. The molecule has 0 amide bonds. The van der Waals surface area contributed by atoms with E-state index >= 15 is 0 Å². The molecule has 0 aromatic carbocycles. The van der Waals surface area contributed by atoms with E-state index in [1.165, 1.54) is 0 Å². The van der Waals surface area contributed by atoms with Crippen molar-refractivity contribution in [2.45, 2.75) is 13.8 Å².